The van der Waals surface area contributed by atoms with Gasteiger partial charge < -0.3 is 5.32 Å². The number of rotatable bonds is 5. The molecule has 2 aliphatic rings. The summed E-state index contributed by atoms with van der Waals surface area (Å²) in [6.45, 7) is 2.91. The number of anilines is 1. The molecular formula is C22H23N3O3. The molecule has 0 unspecified atom stereocenters. The monoisotopic (exact) mass is 377 g/mol. The van der Waals surface area contributed by atoms with E-state index in [2.05, 4.69) is 10.2 Å². The first-order valence-electron chi connectivity index (χ1n) is 9.68. The molecule has 6 nitrogen and oxygen atoms in total. The Hall–Kier alpha value is -2.99. The Morgan fingerprint density at radius 2 is 1.46 bits per heavy atom. The predicted octanol–water partition coefficient (Wildman–Crippen LogP) is 2.91. The van der Waals surface area contributed by atoms with Crippen molar-refractivity contribution < 1.29 is 14.4 Å². The first-order valence-corrected chi connectivity index (χ1v) is 9.68. The van der Waals surface area contributed by atoms with Gasteiger partial charge in [0, 0.05) is 12.2 Å². The highest BCUT2D eigenvalue weighted by Crippen LogP contribution is 2.22. The van der Waals surface area contributed by atoms with E-state index in [1.807, 2.05) is 24.3 Å². The molecule has 0 aliphatic carbocycles. The van der Waals surface area contributed by atoms with E-state index in [0.29, 0.717) is 16.8 Å². The minimum Gasteiger partial charge on any atom is -0.325 e. The Bertz CT molecular complexity index is 866. The van der Waals surface area contributed by atoms with Crippen LogP contribution in [0.1, 0.15) is 45.5 Å². The Kier molecular flexibility index (Phi) is 5.21. The third kappa shape index (κ3) is 3.82. The third-order valence-corrected chi connectivity index (χ3v) is 5.27. The maximum absolute atomic E-state index is 12.3. The molecule has 6 heteroatoms. The van der Waals surface area contributed by atoms with Gasteiger partial charge in [-0.1, -0.05) is 30.7 Å². The van der Waals surface area contributed by atoms with Crippen LogP contribution >= 0.6 is 0 Å². The summed E-state index contributed by atoms with van der Waals surface area (Å²) in [6, 6.07) is 14.4. The maximum atomic E-state index is 12.3. The molecule has 4 rings (SSSR count). The van der Waals surface area contributed by atoms with E-state index < -0.39 is 17.7 Å². The van der Waals surface area contributed by atoms with Crippen LogP contribution in [0.2, 0.25) is 0 Å². The second-order valence-corrected chi connectivity index (χ2v) is 7.32. The summed E-state index contributed by atoms with van der Waals surface area (Å²) < 4.78 is 0. The number of amides is 3. The zero-order chi connectivity index (χ0) is 19.5. The SMILES string of the molecule is O=C(CN1C(=O)c2ccccc2C1=O)Nc1ccc(CN2CCCCC2)cc1. The highest BCUT2D eigenvalue weighted by atomic mass is 16.2. The van der Waals surface area contributed by atoms with Crippen LogP contribution in [-0.2, 0) is 11.3 Å². The topological polar surface area (TPSA) is 69.7 Å². The van der Waals surface area contributed by atoms with Gasteiger partial charge >= 0.3 is 0 Å². The number of carbonyl (C=O) groups is 3. The quantitative estimate of drug-likeness (QED) is 0.814. The number of hydrogen-bond donors (Lipinski definition) is 1. The highest BCUT2D eigenvalue weighted by molar-refractivity contribution is 6.22. The molecule has 1 fully saturated rings. The molecule has 0 bridgehead atoms. The smallest absolute Gasteiger partial charge is 0.262 e. The van der Waals surface area contributed by atoms with Gasteiger partial charge in [0.25, 0.3) is 11.8 Å². The summed E-state index contributed by atoms with van der Waals surface area (Å²) in [7, 11) is 0. The van der Waals surface area contributed by atoms with Gasteiger partial charge in [-0.25, -0.2) is 0 Å². The fourth-order valence-corrected chi connectivity index (χ4v) is 3.80. The van der Waals surface area contributed by atoms with Gasteiger partial charge in [-0.2, -0.15) is 0 Å². The molecule has 2 aromatic rings. The average molecular weight is 377 g/mol. The lowest BCUT2D eigenvalue weighted by molar-refractivity contribution is -0.116. The number of nitrogens with one attached hydrogen (secondary N) is 1. The van der Waals surface area contributed by atoms with Crippen molar-refractivity contribution in [2.75, 3.05) is 25.0 Å². The standard InChI is InChI=1S/C22H23N3O3/c26-20(15-25-21(27)18-6-2-3-7-19(18)22(25)28)23-17-10-8-16(9-11-17)14-24-12-4-1-5-13-24/h2-3,6-11H,1,4-5,12-15H2,(H,23,26). The van der Waals surface area contributed by atoms with Crippen molar-refractivity contribution in [3.05, 3.63) is 65.2 Å². The number of imide groups is 1. The number of piperidine rings is 1. The molecule has 2 heterocycles. The van der Waals surface area contributed by atoms with Crippen molar-refractivity contribution in [3.63, 3.8) is 0 Å². The molecule has 2 aromatic carbocycles. The fraction of sp³-hybridized carbons (Fsp3) is 0.318. The van der Waals surface area contributed by atoms with E-state index >= 15 is 0 Å². The van der Waals surface area contributed by atoms with Gasteiger partial charge in [0.1, 0.15) is 6.54 Å². The van der Waals surface area contributed by atoms with Gasteiger partial charge in [-0.05, 0) is 55.8 Å². The van der Waals surface area contributed by atoms with Crippen LogP contribution in [-0.4, -0.2) is 47.2 Å². The molecule has 28 heavy (non-hydrogen) atoms. The highest BCUT2D eigenvalue weighted by Gasteiger charge is 2.36. The van der Waals surface area contributed by atoms with Crippen LogP contribution in [0.15, 0.2) is 48.5 Å². The second kappa shape index (κ2) is 7.94. The summed E-state index contributed by atoms with van der Waals surface area (Å²) >= 11 is 0. The summed E-state index contributed by atoms with van der Waals surface area (Å²) in [6.07, 6.45) is 3.83. The lowest BCUT2D eigenvalue weighted by Crippen LogP contribution is -2.37. The third-order valence-electron chi connectivity index (χ3n) is 5.27. The van der Waals surface area contributed by atoms with Gasteiger partial charge in [0.2, 0.25) is 5.91 Å². The van der Waals surface area contributed by atoms with Gasteiger partial charge in [-0.15, -0.1) is 0 Å². The number of fused-ring (bicyclic) bond motifs is 1. The predicted molar refractivity (Wildman–Crippen MR) is 106 cm³/mol. The van der Waals surface area contributed by atoms with Crippen molar-refractivity contribution in [1.82, 2.24) is 9.80 Å². The summed E-state index contributed by atoms with van der Waals surface area (Å²) in [5.74, 6) is -1.24. The number of benzene rings is 2. The molecule has 0 radical (unpaired) electrons. The zero-order valence-electron chi connectivity index (χ0n) is 15.7. The summed E-state index contributed by atoms with van der Waals surface area (Å²) in [5, 5.41) is 2.77. The first kappa shape index (κ1) is 18.4. The Balaban J connectivity index is 1.34. The van der Waals surface area contributed by atoms with E-state index in [-0.39, 0.29) is 6.54 Å². The van der Waals surface area contributed by atoms with Gasteiger partial charge in [-0.3, -0.25) is 24.2 Å². The molecule has 0 atom stereocenters. The Morgan fingerprint density at radius 1 is 0.857 bits per heavy atom. The summed E-state index contributed by atoms with van der Waals surface area (Å²) in [4.78, 5) is 40.5. The molecule has 2 aliphatic heterocycles. The number of carbonyl (C=O) groups excluding carboxylic acids is 3. The van der Waals surface area contributed by atoms with Crippen LogP contribution in [0.4, 0.5) is 5.69 Å². The molecule has 0 saturated carbocycles. The first-order chi connectivity index (χ1) is 13.6. The second-order valence-electron chi connectivity index (χ2n) is 7.32. The van der Waals surface area contributed by atoms with E-state index in [4.69, 9.17) is 0 Å². The van der Waals surface area contributed by atoms with E-state index in [0.717, 1.165) is 24.5 Å². The maximum Gasteiger partial charge on any atom is 0.262 e. The molecule has 0 aromatic heterocycles. The van der Waals surface area contributed by atoms with Crippen LogP contribution < -0.4 is 5.32 Å². The van der Waals surface area contributed by atoms with Crippen molar-refractivity contribution in [2.45, 2.75) is 25.8 Å². The van der Waals surface area contributed by atoms with E-state index in [1.54, 1.807) is 24.3 Å². The fourth-order valence-electron chi connectivity index (χ4n) is 3.80. The zero-order valence-corrected chi connectivity index (χ0v) is 15.7. The largest absolute Gasteiger partial charge is 0.325 e. The number of likely N-dealkylation sites (tertiary alicyclic amines) is 1. The number of nitrogens with zero attached hydrogens (tertiary/aromatic N) is 2. The summed E-state index contributed by atoms with van der Waals surface area (Å²) in [5.41, 5.74) is 2.56. The van der Waals surface area contributed by atoms with Crippen molar-refractivity contribution in [3.8, 4) is 0 Å². The van der Waals surface area contributed by atoms with Crippen molar-refractivity contribution in [2.24, 2.45) is 0 Å². The normalized spacial score (nSPS) is 16.9. The molecule has 1 saturated heterocycles. The molecule has 144 valence electrons. The Labute approximate surface area is 164 Å². The van der Waals surface area contributed by atoms with Gasteiger partial charge in [0.15, 0.2) is 0 Å². The van der Waals surface area contributed by atoms with Crippen molar-refractivity contribution in [1.29, 1.82) is 0 Å². The lowest BCUT2D eigenvalue weighted by atomic mass is 10.1. The van der Waals surface area contributed by atoms with E-state index in [1.165, 1.54) is 24.8 Å². The molecule has 1 N–H and O–H groups in total. The minimum absolute atomic E-state index is 0.290. The lowest BCUT2D eigenvalue weighted by Gasteiger charge is -2.26. The minimum atomic E-state index is -0.423. The Morgan fingerprint density at radius 3 is 2.07 bits per heavy atom. The molecule has 3 amide bonds. The van der Waals surface area contributed by atoms with Crippen LogP contribution in [0.25, 0.3) is 0 Å². The molecular weight excluding hydrogens is 354 g/mol. The van der Waals surface area contributed by atoms with Gasteiger partial charge in [0.05, 0.1) is 11.1 Å². The van der Waals surface area contributed by atoms with Crippen molar-refractivity contribution >= 4 is 23.4 Å². The van der Waals surface area contributed by atoms with E-state index in [9.17, 15) is 14.4 Å². The van der Waals surface area contributed by atoms with Crippen LogP contribution in [0, 0.1) is 0 Å². The average Bonchev–Trinajstić information content (AvgIpc) is 2.95. The molecule has 0 spiro atoms. The van der Waals surface area contributed by atoms with Crippen LogP contribution in [0.3, 0.4) is 0 Å². The van der Waals surface area contributed by atoms with Crippen LogP contribution in [0.5, 0.6) is 0 Å². The number of hydrogen-bond acceptors (Lipinski definition) is 4.